The highest BCUT2D eigenvalue weighted by molar-refractivity contribution is 6.63. The van der Waals surface area contributed by atoms with Crippen LogP contribution in [0, 0.1) is 0 Å². The van der Waals surface area contributed by atoms with Crippen LogP contribution in [0.1, 0.15) is 27.7 Å². The molecule has 3 rings (SSSR count). The van der Waals surface area contributed by atoms with Gasteiger partial charge in [0.15, 0.2) is 0 Å². The highest BCUT2D eigenvalue weighted by atomic mass is 16.7. The van der Waals surface area contributed by atoms with Crippen molar-refractivity contribution >= 4 is 23.5 Å². The summed E-state index contributed by atoms with van der Waals surface area (Å²) in [4.78, 5) is 0. The van der Waals surface area contributed by atoms with Gasteiger partial charge in [-0.25, -0.2) is 0 Å². The van der Waals surface area contributed by atoms with Crippen LogP contribution in [0.15, 0.2) is 18.3 Å². The summed E-state index contributed by atoms with van der Waals surface area (Å²) >= 11 is 0. The van der Waals surface area contributed by atoms with Crippen LogP contribution < -0.4 is 5.46 Å². The number of aromatic nitrogens is 2. The number of aromatic hydroxyl groups is 1. The molecule has 0 unspecified atom stereocenters. The van der Waals surface area contributed by atoms with E-state index >= 15 is 0 Å². The quantitative estimate of drug-likeness (QED) is 0.764. The lowest BCUT2D eigenvalue weighted by atomic mass is 9.78. The normalized spacial score (nSPS) is 21.2. The van der Waals surface area contributed by atoms with Crippen LogP contribution in [-0.2, 0) is 9.31 Å². The number of aromatic amines is 1. The monoisotopic (exact) mass is 260 g/mol. The Morgan fingerprint density at radius 2 is 1.79 bits per heavy atom. The molecule has 2 N–H and O–H groups in total. The van der Waals surface area contributed by atoms with E-state index in [-0.39, 0.29) is 5.75 Å². The molecule has 0 radical (unpaired) electrons. The summed E-state index contributed by atoms with van der Waals surface area (Å²) in [6.45, 7) is 7.94. The zero-order chi connectivity index (χ0) is 13.8. The highest BCUT2D eigenvalue weighted by Crippen LogP contribution is 2.37. The van der Waals surface area contributed by atoms with Gasteiger partial charge in [-0.15, -0.1) is 0 Å². The van der Waals surface area contributed by atoms with E-state index in [9.17, 15) is 5.11 Å². The molecule has 19 heavy (non-hydrogen) atoms. The third-order valence-corrected chi connectivity index (χ3v) is 4.09. The summed E-state index contributed by atoms with van der Waals surface area (Å²) in [5.74, 6) is 0.160. The topological polar surface area (TPSA) is 67.4 Å². The van der Waals surface area contributed by atoms with Gasteiger partial charge in [-0.1, -0.05) is 0 Å². The molecular formula is C13H17BN2O3. The fraction of sp³-hybridized carbons (Fsp3) is 0.462. The summed E-state index contributed by atoms with van der Waals surface area (Å²) in [6, 6.07) is 3.49. The molecule has 0 spiro atoms. The first-order valence-corrected chi connectivity index (χ1v) is 6.32. The van der Waals surface area contributed by atoms with Crippen LogP contribution in [0.4, 0.5) is 0 Å². The van der Waals surface area contributed by atoms with E-state index in [4.69, 9.17) is 9.31 Å². The van der Waals surface area contributed by atoms with Crippen molar-refractivity contribution in [3.8, 4) is 5.75 Å². The van der Waals surface area contributed by atoms with Gasteiger partial charge in [0.25, 0.3) is 0 Å². The number of nitrogens with one attached hydrogen (secondary N) is 1. The van der Waals surface area contributed by atoms with Crippen LogP contribution in [0.3, 0.4) is 0 Å². The second-order valence-electron chi connectivity index (χ2n) is 5.96. The molecule has 2 aromatic rings. The van der Waals surface area contributed by atoms with Gasteiger partial charge in [0.05, 0.1) is 22.9 Å². The zero-order valence-corrected chi connectivity index (χ0v) is 11.5. The minimum absolute atomic E-state index is 0.160. The third-order valence-electron chi connectivity index (χ3n) is 4.09. The lowest BCUT2D eigenvalue weighted by molar-refractivity contribution is 0.00578. The van der Waals surface area contributed by atoms with Gasteiger partial charge in [-0.2, -0.15) is 5.10 Å². The van der Waals surface area contributed by atoms with E-state index in [1.807, 2.05) is 33.8 Å². The van der Waals surface area contributed by atoms with Crippen LogP contribution in [0.5, 0.6) is 5.75 Å². The van der Waals surface area contributed by atoms with Gasteiger partial charge in [-0.05, 0) is 39.8 Å². The number of fused-ring (bicyclic) bond motifs is 1. The first kappa shape index (κ1) is 12.5. The molecule has 0 bridgehead atoms. The maximum absolute atomic E-state index is 10.1. The highest BCUT2D eigenvalue weighted by Gasteiger charge is 2.52. The number of rotatable bonds is 1. The molecule has 1 aromatic carbocycles. The average Bonchev–Trinajstić information content (AvgIpc) is 2.80. The molecular weight excluding hydrogens is 243 g/mol. The molecule has 5 nitrogen and oxygen atoms in total. The van der Waals surface area contributed by atoms with Crippen molar-refractivity contribution in [2.45, 2.75) is 38.9 Å². The molecule has 100 valence electrons. The predicted octanol–water partition coefficient (Wildman–Crippen LogP) is 1.57. The smallest absolute Gasteiger partial charge is 0.498 e. The number of benzene rings is 1. The Bertz CT molecular complexity index is 620. The van der Waals surface area contributed by atoms with Crippen molar-refractivity contribution in [2.24, 2.45) is 0 Å². The molecule has 2 heterocycles. The molecule has 0 aliphatic carbocycles. The number of nitrogens with zero attached hydrogens (tertiary/aromatic N) is 1. The largest absolute Gasteiger partial charge is 0.508 e. The number of H-pyrrole nitrogens is 1. The molecule has 1 fully saturated rings. The number of hydrogen-bond acceptors (Lipinski definition) is 4. The SMILES string of the molecule is CC1(C)OB(c2cc3[nH]ncc3cc2O)OC1(C)C. The van der Waals surface area contributed by atoms with Gasteiger partial charge >= 0.3 is 7.12 Å². The lowest BCUT2D eigenvalue weighted by Crippen LogP contribution is -2.41. The van der Waals surface area contributed by atoms with Crippen LogP contribution in [-0.4, -0.2) is 33.6 Å². The number of phenolic OH excluding ortho intramolecular Hbond substituents is 1. The van der Waals surface area contributed by atoms with Crippen molar-refractivity contribution in [1.82, 2.24) is 10.2 Å². The molecule has 0 saturated carbocycles. The van der Waals surface area contributed by atoms with Gasteiger partial charge in [0.1, 0.15) is 5.75 Å². The Morgan fingerprint density at radius 1 is 1.16 bits per heavy atom. The molecule has 1 aliphatic rings. The zero-order valence-electron chi connectivity index (χ0n) is 11.5. The second-order valence-corrected chi connectivity index (χ2v) is 5.96. The Kier molecular flexibility index (Phi) is 2.46. The van der Waals surface area contributed by atoms with E-state index in [1.165, 1.54) is 0 Å². The summed E-state index contributed by atoms with van der Waals surface area (Å²) in [5, 5.41) is 17.8. The fourth-order valence-electron chi connectivity index (χ4n) is 2.15. The molecule has 0 amide bonds. The molecule has 6 heteroatoms. The fourth-order valence-corrected chi connectivity index (χ4v) is 2.15. The summed E-state index contributed by atoms with van der Waals surface area (Å²) in [6.07, 6.45) is 1.67. The van der Waals surface area contributed by atoms with E-state index in [0.29, 0.717) is 5.46 Å². The van der Waals surface area contributed by atoms with E-state index < -0.39 is 18.3 Å². The first-order valence-electron chi connectivity index (χ1n) is 6.32. The van der Waals surface area contributed by atoms with E-state index in [0.717, 1.165) is 10.9 Å². The molecule has 1 saturated heterocycles. The Balaban J connectivity index is 2.04. The Morgan fingerprint density at radius 3 is 2.42 bits per heavy atom. The molecule has 0 atom stereocenters. The summed E-state index contributed by atoms with van der Waals surface area (Å²) in [7, 11) is -0.572. The minimum Gasteiger partial charge on any atom is -0.508 e. The van der Waals surface area contributed by atoms with Gasteiger partial charge in [-0.3, -0.25) is 5.10 Å². The summed E-state index contributed by atoms with van der Waals surface area (Å²) in [5.41, 5.74) is 0.623. The van der Waals surface area contributed by atoms with E-state index in [2.05, 4.69) is 10.2 Å². The molecule has 1 aliphatic heterocycles. The van der Waals surface area contributed by atoms with Crippen LogP contribution in [0.25, 0.3) is 10.9 Å². The van der Waals surface area contributed by atoms with Crippen molar-refractivity contribution < 1.29 is 14.4 Å². The maximum atomic E-state index is 10.1. The second kappa shape index (κ2) is 3.74. The number of hydrogen-bond donors (Lipinski definition) is 2. The van der Waals surface area contributed by atoms with Gasteiger partial charge in [0.2, 0.25) is 0 Å². The minimum atomic E-state index is -0.572. The summed E-state index contributed by atoms with van der Waals surface area (Å²) < 4.78 is 11.9. The predicted molar refractivity (Wildman–Crippen MR) is 73.5 cm³/mol. The van der Waals surface area contributed by atoms with Gasteiger partial charge < -0.3 is 14.4 Å². The number of phenols is 1. The van der Waals surface area contributed by atoms with Crippen molar-refractivity contribution in [2.75, 3.05) is 0 Å². The lowest BCUT2D eigenvalue weighted by Gasteiger charge is -2.32. The van der Waals surface area contributed by atoms with Crippen LogP contribution in [0.2, 0.25) is 0 Å². The van der Waals surface area contributed by atoms with Crippen molar-refractivity contribution in [3.05, 3.63) is 18.3 Å². The van der Waals surface area contributed by atoms with E-state index in [1.54, 1.807) is 12.3 Å². The van der Waals surface area contributed by atoms with Crippen molar-refractivity contribution in [1.29, 1.82) is 0 Å². The Hall–Kier alpha value is -1.53. The standard InChI is InChI=1S/C13H17BN2O3/c1-12(2)13(3,4)19-14(18-12)9-6-10-8(5-11(9)17)7-15-16-10/h5-7,17H,1-4H3,(H,15,16). The maximum Gasteiger partial charge on any atom is 0.498 e. The average molecular weight is 260 g/mol. The molecule has 1 aromatic heterocycles. The van der Waals surface area contributed by atoms with Crippen LogP contribution >= 0.6 is 0 Å². The third kappa shape index (κ3) is 1.83. The van der Waals surface area contributed by atoms with Crippen molar-refractivity contribution in [3.63, 3.8) is 0 Å². The van der Waals surface area contributed by atoms with Gasteiger partial charge in [0, 0.05) is 10.8 Å². The first-order chi connectivity index (χ1) is 8.80. The Labute approximate surface area is 112 Å².